The molecule has 0 aliphatic carbocycles. The van der Waals surface area contributed by atoms with Crippen molar-refractivity contribution in [3.8, 4) is 0 Å². The number of nitro benzene ring substituents is 1. The second kappa shape index (κ2) is 6.88. The van der Waals surface area contributed by atoms with Gasteiger partial charge < -0.3 is 4.90 Å². The summed E-state index contributed by atoms with van der Waals surface area (Å²) in [5.41, 5.74) is 4.17. The standard InChI is InChI=1S/C22H16N2O3/c25-22-20(14-16-10-12-18(13-11-16)24(26)27)19-8-4-5-9-21(19)23(22)15-17-6-2-1-3-7-17/h1-14H,15H2/b20-14-. The summed E-state index contributed by atoms with van der Waals surface area (Å²) < 4.78 is 0. The Morgan fingerprint density at radius 2 is 1.56 bits per heavy atom. The normalized spacial score (nSPS) is 14.4. The van der Waals surface area contributed by atoms with Gasteiger partial charge in [-0.15, -0.1) is 0 Å². The number of hydrogen-bond acceptors (Lipinski definition) is 3. The zero-order valence-corrected chi connectivity index (χ0v) is 14.4. The van der Waals surface area contributed by atoms with E-state index in [1.807, 2.05) is 54.6 Å². The lowest BCUT2D eigenvalue weighted by Crippen LogP contribution is -2.25. The Morgan fingerprint density at radius 3 is 2.26 bits per heavy atom. The van der Waals surface area contributed by atoms with Crippen molar-refractivity contribution in [1.82, 2.24) is 0 Å². The molecule has 3 aromatic rings. The molecule has 0 fully saturated rings. The maximum absolute atomic E-state index is 13.1. The number of benzene rings is 3. The smallest absolute Gasteiger partial charge is 0.269 e. The van der Waals surface area contributed by atoms with Gasteiger partial charge in [0.05, 0.1) is 17.2 Å². The van der Waals surface area contributed by atoms with E-state index in [2.05, 4.69) is 0 Å². The fourth-order valence-electron chi connectivity index (χ4n) is 3.23. The minimum absolute atomic E-state index is 0.0287. The third kappa shape index (κ3) is 3.22. The Hall–Kier alpha value is -3.73. The van der Waals surface area contributed by atoms with Crippen molar-refractivity contribution in [2.75, 3.05) is 4.90 Å². The number of nitro groups is 1. The van der Waals surface area contributed by atoms with Gasteiger partial charge >= 0.3 is 0 Å². The van der Waals surface area contributed by atoms with Crippen molar-refractivity contribution < 1.29 is 9.72 Å². The number of nitrogens with zero attached hydrogens (tertiary/aromatic N) is 2. The lowest BCUT2D eigenvalue weighted by molar-refractivity contribution is -0.384. The van der Waals surface area contributed by atoms with E-state index in [-0.39, 0.29) is 11.6 Å². The van der Waals surface area contributed by atoms with Gasteiger partial charge in [-0.05, 0) is 35.4 Å². The van der Waals surface area contributed by atoms with Gasteiger partial charge in [-0.25, -0.2) is 0 Å². The van der Waals surface area contributed by atoms with Gasteiger partial charge in [-0.2, -0.15) is 0 Å². The molecular weight excluding hydrogens is 340 g/mol. The first-order chi connectivity index (χ1) is 13.1. The van der Waals surface area contributed by atoms with Gasteiger partial charge in [0.25, 0.3) is 11.6 Å². The predicted octanol–water partition coefficient (Wildman–Crippen LogP) is 4.68. The Kier molecular flexibility index (Phi) is 4.26. The summed E-state index contributed by atoms with van der Waals surface area (Å²) in [5, 5.41) is 10.8. The molecule has 0 saturated carbocycles. The van der Waals surface area contributed by atoms with E-state index in [4.69, 9.17) is 0 Å². The van der Waals surface area contributed by atoms with Gasteiger partial charge in [0.15, 0.2) is 0 Å². The fraction of sp³-hybridized carbons (Fsp3) is 0.0455. The van der Waals surface area contributed by atoms with Crippen molar-refractivity contribution in [3.63, 3.8) is 0 Å². The first-order valence-corrected chi connectivity index (χ1v) is 8.55. The van der Waals surface area contributed by atoms with Crippen molar-refractivity contribution in [2.45, 2.75) is 6.54 Å². The molecule has 0 bridgehead atoms. The topological polar surface area (TPSA) is 63.4 Å². The minimum atomic E-state index is -0.436. The maximum atomic E-state index is 13.1. The number of non-ortho nitro benzene ring substituents is 1. The molecule has 0 N–H and O–H groups in total. The molecule has 1 aliphatic heterocycles. The third-order valence-electron chi connectivity index (χ3n) is 4.56. The number of hydrogen-bond donors (Lipinski definition) is 0. The van der Waals surface area contributed by atoms with Crippen molar-refractivity contribution in [2.24, 2.45) is 0 Å². The summed E-state index contributed by atoms with van der Waals surface area (Å²) in [7, 11) is 0. The number of para-hydroxylation sites is 1. The summed E-state index contributed by atoms with van der Waals surface area (Å²) in [5.74, 6) is -0.0709. The Labute approximate surface area is 156 Å². The van der Waals surface area contributed by atoms with Gasteiger partial charge in [-0.3, -0.25) is 14.9 Å². The maximum Gasteiger partial charge on any atom is 0.269 e. The SMILES string of the molecule is O=C1/C(=C\c2ccc([N+](=O)[O-])cc2)c2ccccc2N1Cc1ccccc1. The van der Waals surface area contributed by atoms with E-state index in [1.165, 1.54) is 12.1 Å². The average Bonchev–Trinajstić information content (AvgIpc) is 2.95. The van der Waals surface area contributed by atoms with Crippen molar-refractivity contribution in [3.05, 3.63) is 106 Å². The first-order valence-electron chi connectivity index (χ1n) is 8.55. The molecule has 27 heavy (non-hydrogen) atoms. The molecule has 3 aromatic carbocycles. The van der Waals surface area contributed by atoms with Crippen LogP contribution in [0.3, 0.4) is 0 Å². The highest BCUT2D eigenvalue weighted by Crippen LogP contribution is 2.38. The zero-order valence-electron chi connectivity index (χ0n) is 14.4. The molecule has 132 valence electrons. The second-order valence-electron chi connectivity index (χ2n) is 6.30. The van der Waals surface area contributed by atoms with Crippen molar-refractivity contribution in [1.29, 1.82) is 0 Å². The van der Waals surface area contributed by atoms with Gasteiger partial charge in [0.2, 0.25) is 0 Å². The highest BCUT2D eigenvalue weighted by atomic mass is 16.6. The summed E-state index contributed by atoms with van der Waals surface area (Å²) >= 11 is 0. The van der Waals surface area contributed by atoms with Gasteiger partial charge in [0.1, 0.15) is 0 Å². The van der Waals surface area contributed by atoms with Crippen LogP contribution in [0, 0.1) is 10.1 Å². The van der Waals surface area contributed by atoms with E-state index in [0.717, 1.165) is 22.4 Å². The number of rotatable bonds is 4. The van der Waals surface area contributed by atoms with E-state index in [9.17, 15) is 14.9 Å². The Bertz CT molecular complexity index is 1040. The van der Waals surface area contributed by atoms with E-state index < -0.39 is 4.92 Å². The third-order valence-corrected chi connectivity index (χ3v) is 4.56. The summed E-state index contributed by atoms with van der Waals surface area (Å²) in [6, 6.07) is 23.7. The number of carbonyl (C=O) groups excluding carboxylic acids is 1. The molecule has 0 unspecified atom stereocenters. The van der Waals surface area contributed by atoms with Crippen LogP contribution < -0.4 is 4.90 Å². The Morgan fingerprint density at radius 1 is 0.889 bits per heavy atom. The Balaban J connectivity index is 1.71. The van der Waals surface area contributed by atoms with Crippen LogP contribution in [0.1, 0.15) is 16.7 Å². The molecule has 1 heterocycles. The van der Waals surface area contributed by atoms with E-state index in [0.29, 0.717) is 12.1 Å². The monoisotopic (exact) mass is 356 g/mol. The molecule has 0 spiro atoms. The summed E-state index contributed by atoms with van der Waals surface area (Å²) in [6.07, 6.45) is 1.79. The number of fused-ring (bicyclic) bond motifs is 1. The first kappa shape index (κ1) is 16.7. The van der Waals surface area contributed by atoms with Crippen LogP contribution in [0.4, 0.5) is 11.4 Å². The predicted molar refractivity (Wildman–Crippen MR) is 105 cm³/mol. The number of carbonyl (C=O) groups is 1. The molecule has 1 amide bonds. The molecule has 0 saturated heterocycles. The van der Waals surface area contributed by atoms with Gasteiger partial charge in [-0.1, -0.05) is 48.5 Å². The fourth-order valence-corrected chi connectivity index (χ4v) is 3.23. The lowest BCUT2D eigenvalue weighted by Gasteiger charge is -2.17. The molecule has 0 atom stereocenters. The van der Waals surface area contributed by atoms with E-state index in [1.54, 1.807) is 23.1 Å². The molecule has 1 aliphatic rings. The van der Waals surface area contributed by atoms with Crippen LogP contribution in [0.5, 0.6) is 0 Å². The highest BCUT2D eigenvalue weighted by Gasteiger charge is 2.31. The molecule has 0 aromatic heterocycles. The highest BCUT2D eigenvalue weighted by molar-refractivity contribution is 6.35. The van der Waals surface area contributed by atoms with Crippen LogP contribution in [-0.2, 0) is 11.3 Å². The van der Waals surface area contributed by atoms with Crippen LogP contribution in [-0.4, -0.2) is 10.8 Å². The minimum Gasteiger partial charge on any atom is -0.303 e. The molecule has 0 radical (unpaired) electrons. The van der Waals surface area contributed by atoms with Crippen LogP contribution in [0.2, 0.25) is 0 Å². The molecule has 5 heteroatoms. The second-order valence-corrected chi connectivity index (χ2v) is 6.30. The summed E-state index contributed by atoms with van der Waals surface area (Å²) in [6.45, 7) is 0.494. The number of anilines is 1. The van der Waals surface area contributed by atoms with Crippen LogP contribution >= 0.6 is 0 Å². The zero-order chi connectivity index (χ0) is 18.8. The van der Waals surface area contributed by atoms with Gasteiger partial charge in [0, 0.05) is 23.3 Å². The van der Waals surface area contributed by atoms with Crippen LogP contribution in [0.25, 0.3) is 11.6 Å². The quantitative estimate of drug-likeness (QED) is 0.387. The lowest BCUT2D eigenvalue weighted by atomic mass is 10.0. The largest absolute Gasteiger partial charge is 0.303 e. The van der Waals surface area contributed by atoms with Crippen molar-refractivity contribution >= 4 is 28.9 Å². The molecular formula is C22H16N2O3. The molecule has 5 nitrogen and oxygen atoms in total. The number of amides is 1. The van der Waals surface area contributed by atoms with E-state index >= 15 is 0 Å². The summed E-state index contributed by atoms with van der Waals surface area (Å²) in [4.78, 5) is 25.2. The van der Waals surface area contributed by atoms with Crippen LogP contribution in [0.15, 0.2) is 78.9 Å². The molecule has 4 rings (SSSR count). The average molecular weight is 356 g/mol.